The fraction of sp³-hybridized carbons (Fsp3) is 0.286. The van der Waals surface area contributed by atoms with Crippen LogP contribution in [0.4, 0.5) is 5.69 Å². The van der Waals surface area contributed by atoms with Crippen molar-refractivity contribution < 1.29 is 14.3 Å². The van der Waals surface area contributed by atoms with E-state index in [1.54, 1.807) is 0 Å². The average molecular weight is 490 g/mol. The number of hydrogen-bond donors (Lipinski definition) is 2. The number of nitrogens with one attached hydrogen (secondary N) is 2. The Kier molecular flexibility index (Phi) is 8.95. The molecule has 1 fully saturated rings. The molecule has 2 N–H and O–H groups in total. The minimum absolute atomic E-state index is 0.0733. The predicted octanol–water partition coefficient (Wildman–Crippen LogP) is 4.53. The molecule has 1 heterocycles. The SMILES string of the molecule is Cc1ccc(NC(=O)CSc2ccccc2C(=O)NCC(c2ccccc2)N2CCOCC2)cc1. The first-order valence-electron chi connectivity index (χ1n) is 11.8. The van der Waals surface area contributed by atoms with E-state index in [-0.39, 0.29) is 23.6 Å². The topological polar surface area (TPSA) is 70.7 Å². The summed E-state index contributed by atoms with van der Waals surface area (Å²) in [5.74, 6) is -0.0229. The van der Waals surface area contributed by atoms with Gasteiger partial charge in [-0.2, -0.15) is 0 Å². The number of carbonyl (C=O) groups is 2. The molecular weight excluding hydrogens is 458 g/mol. The first kappa shape index (κ1) is 25.0. The lowest BCUT2D eigenvalue weighted by molar-refractivity contribution is -0.113. The predicted molar refractivity (Wildman–Crippen MR) is 141 cm³/mol. The van der Waals surface area contributed by atoms with Crippen LogP contribution < -0.4 is 10.6 Å². The van der Waals surface area contributed by atoms with E-state index >= 15 is 0 Å². The highest BCUT2D eigenvalue weighted by Crippen LogP contribution is 2.24. The molecule has 1 aliphatic rings. The van der Waals surface area contributed by atoms with Crippen LogP contribution in [0.2, 0.25) is 0 Å². The van der Waals surface area contributed by atoms with Gasteiger partial charge in [0.2, 0.25) is 5.91 Å². The Balaban J connectivity index is 1.38. The van der Waals surface area contributed by atoms with E-state index in [1.807, 2.05) is 73.7 Å². The van der Waals surface area contributed by atoms with Crippen molar-refractivity contribution in [3.63, 3.8) is 0 Å². The van der Waals surface area contributed by atoms with Gasteiger partial charge in [0.1, 0.15) is 0 Å². The molecule has 0 radical (unpaired) electrons. The van der Waals surface area contributed by atoms with E-state index in [0.717, 1.165) is 29.2 Å². The molecule has 0 aromatic heterocycles. The third-order valence-electron chi connectivity index (χ3n) is 5.95. The maximum atomic E-state index is 13.2. The first-order chi connectivity index (χ1) is 17.1. The number of benzene rings is 3. The van der Waals surface area contributed by atoms with Gasteiger partial charge >= 0.3 is 0 Å². The number of nitrogens with zero attached hydrogens (tertiary/aromatic N) is 1. The molecule has 0 aliphatic carbocycles. The summed E-state index contributed by atoms with van der Waals surface area (Å²) in [6.07, 6.45) is 0. The van der Waals surface area contributed by atoms with E-state index in [9.17, 15) is 9.59 Å². The zero-order valence-corrected chi connectivity index (χ0v) is 20.7. The molecule has 6 nitrogen and oxygen atoms in total. The molecule has 0 bridgehead atoms. The molecular formula is C28H31N3O3S. The monoisotopic (exact) mass is 489 g/mol. The minimum Gasteiger partial charge on any atom is -0.379 e. The van der Waals surface area contributed by atoms with Gasteiger partial charge in [-0.05, 0) is 36.8 Å². The third kappa shape index (κ3) is 7.18. The maximum Gasteiger partial charge on any atom is 0.252 e. The van der Waals surface area contributed by atoms with Crippen LogP contribution in [-0.2, 0) is 9.53 Å². The van der Waals surface area contributed by atoms with Crippen molar-refractivity contribution in [1.29, 1.82) is 0 Å². The van der Waals surface area contributed by atoms with Crippen LogP contribution in [0, 0.1) is 6.92 Å². The molecule has 1 aliphatic heterocycles. The van der Waals surface area contributed by atoms with Crippen LogP contribution in [0.1, 0.15) is 27.5 Å². The Hall–Kier alpha value is -3.13. The second-order valence-electron chi connectivity index (χ2n) is 8.48. The number of anilines is 1. The van der Waals surface area contributed by atoms with Gasteiger partial charge in [-0.25, -0.2) is 0 Å². The van der Waals surface area contributed by atoms with Crippen molar-refractivity contribution in [3.05, 3.63) is 95.6 Å². The Morgan fingerprint density at radius 3 is 2.37 bits per heavy atom. The van der Waals surface area contributed by atoms with Crippen molar-refractivity contribution in [2.24, 2.45) is 0 Å². The number of rotatable bonds is 9. The molecule has 3 aromatic carbocycles. The van der Waals surface area contributed by atoms with Crippen LogP contribution in [0.3, 0.4) is 0 Å². The second-order valence-corrected chi connectivity index (χ2v) is 9.50. The van der Waals surface area contributed by atoms with Crippen LogP contribution in [-0.4, -0.2) is 55.3 Å². The van der Waals surface area contributed by atoms with E-state index in [4.69, 9.17) is 4.74 Å². The second kappa shape index (κ2) is 12.5. The van der Waals surface area contributed by atoms with Crippen molar-refractivity contribution >= 4 is 29.3 Å². The summed E-state index contributed by atoms with van der Waals surface area (Å²) < 4.78 is 5.52. The third-order valence-corrected chi connectivity index (χ3v) is 7.03. The van der Waals surface area contributed by atoms with Gasteiger partial charge in [-0.3, -0.25) is 14.5 Å². The average Bonchev–Trinajstić information content (AvgIpc) is 2.90. The Morgan fingerprint density at radius 1 is 0.943 bits per heavy atom. The summed E-state index contributed by atoms with van der Waals surface area (Å²) in [7, 11) is 0. The first-order valence-corrected chi connectivity index (χ1v) is 12.8. The zero-order chi connectivity index (χ0) is 24.5. The highest BCUT2D eigenvalue weighted by molar-refractivity contribution is 8.00. The van der Waals surface area contributed by atoms with E-state index in [1.165, 1.54) is 17.3 Å². The van der Waals surface area contributed by atoms with E-state index < -0.39 is 0 Å². The van der Waals surface area contributed by atoms with Crippen molar-refractivity contribution in [2.45, 2.75) is 17.9 Å². The lowest BCUT2D eigenvalue weighted by atomic mass is 10.0. The number of carbonyl (C=O) groups excluding carboxylic acids is 2. The van der Waals surface area contributed by atoms with E-state index in [2.05, 4.69) is 27.7 Å². The summed E-state index contributed by atoms with van der Waals surface area (Å²) >= 11 is 1.36. The van der Waals surface area contributed by atoms with Crippen LogP contribution in [0.15, 0.2) is 83.8 Å². The number of ether oxygens (including phenoxy) is 1. The summed E-state index contributed by atoms with van der Waals surface area (Å²) in [6, 6.07) is 25.4. The highest BCUT2D eigenvalue weighted by atomic mass is 32.2. The zero-order valence-electron chi connectivity index (χ0n) is 19.9. The van der Waals surface area contributed by atoms with Crippen LogP contribution in [0.25, 0.3) is 0 Å². The Labute approximate surface area is 211 Å². The molecule has 0 spiro atoms. The van der Waals surface area contributed by atoms with Gasteiger partial charge in [0.25, 0.3) is 5.91 Å². The summed E-state index contributed by atoms with van der Waals surface area (Å²) in [5, 5.41) is 6.04. The fourth-order valence-electron chi connectivity index (χ4n) is 4.06. The van der Waals surface area contributed by atoms with Gasteiger partial charge in [0.15, 0.2) is 0 Å². The Bertz CT molecular complexity index is 1120. The summed E-state index contributed by atoms with van der Waals surface area (Å²) in [6.45, 7) is 5.56. The number of morpholine rings is 1. The molecule has 4 rings (SSSR count). The van der Waals surface area contributed by atoms with Crippen LogP contribution in [0.5, 0.6) is 0 Å². The number of amides is 2. The summed E-state index contributed by atoms with van der Waals surface area (Å²) in [4.78, 5) is 28.8. The van der Waals surface area contributed by atoms with Gasteiger partial charge in [0.05, 0.1) is 30.6 Å². The normalized spacial score (nSPS) is 14.8. The molecule has 1 unspecified atom stereocenters. The smallest absolute Gasteiger partial charge is 0.252 e. The lowest BCUT2D eigenvalue weighted by Gasteiger charge is -2.35. The quantitative estimate of drug-likeness (QED) is 0.432. The standard InChI is InChI=1S/C28H31N3O3S/c1-21-11-13-23(14-12-21)30-27(32)20-35-26-10-6-5-9-24(26)28(33)29-19-25(22-7-3-2-4-8-22)31-15-17-34-18-16-31/h2-14,25H,15-20H2,1H3,(H,29,33)(H,30,32). The van der Waals surface area contributed by atoms with Crippen molar-refractivity contribution in [1.82, 2.24) is 10.2 Å². The molecule has 2 amide bonds. The number of thioether (sulfide) groups is 1. The lowest BCUT2D eigenvalue weighted by Crippen LogP contribution is -2.43. The molecule has 0 saturated carbocycles. The number of aryl methyl sites for hydroxylation is 1. The summed E-state index contributed by atoms with van der Waals surface area (Å²) in [5.41, 5.74) is 3.65. The highest BCUT2D eigenvalue weighted by Gasteiger charge is 2.23. The number of hydrogen-bond acceptors (Lipinski definition) is 5. The van der Waals surface area contributed by atoms with Crippen molar-refractivity contribution in [2.75, 3.05) is 43.9 Å². The van der Waals surface area contributed by atoms with Gasteiger partial charge in [0, 0.05) is 30.2 Å². The van der Waals surface area contributed by atoms with Crippen LogP contribution >= 0.6 is 11.8 Å². The molecule has 35 heavy (non-hydrogen) atoms. The Morgan fingerprint density at radius 2 is 1.63 bits per heavy atom. The minimum atomic E-state index is -0.138. The molecule has 3 aromatic rings. The molecule has 182 valence electrons. The van der Waals surface area contributed by atoms with Gasteiger partial charge < -0.3 is 15.4 Å². The molecule has 1 saturated heterocycles. The largest absolute Gasteiger partial charge is 0.379 e. The van der Waals surface area contributed by atoms with Gasteiger partial charge in [-0.15, -0.1) is 11.8 Å². The van der Waals surface area contributed by atoms with Gasteiger partial charge in [-0.1, -0.05) is 60.2 Å². The molecule has 7 heteroatoms. The van der Waals surface area contributed by atoms with E-state index in [0.29, 0.717) is 25.3 Å². The molecule has 1 atom stereocenters. The fourth-order valence-corrected chi connectivity index (χ4v) is 4.91. The van der Waals surface area contributed by atoms with Crippen molar-refractivity contribution in [3.8, 4) is 0 Å². The maximum absolute atomic E-state index is 13.2.